The molecule has 1 atom stereocenters. The third-order valence-electron chi connectivity index (χ3n) is 3.38. The van der Waals surface area contributed by atoms with Crippen molar-refractivity contribution in [3.05, 3.63) is 59.9 Å². The maximum Gasteiger partial charge on any atom is 0.233 e. The van der Waals surface area contributed by atoms with E-state index >= 15 is 0 Å². The fourth-order valence-corrected chi connectivity index (χ4v) is 2.21. The van der Waals surface area contributed by atoms with Gasteiger partial charge in [0.25, 0.3) is 0 Å². The number of nitrogens with one attached hydrogen (secondary N) is 1. The molecular formula is C18H22N2O2. The number of pyridine rings is 1. The van der Waals surface area contributed by atoms with Crippen LogP contribution >= 0.6 is 0 Å². The molecule has 4 nitrogen and oxygen atoms in total. The van der Waals surface area contributed by atoms with Gasteiger partial charge < -0.3 is 10.1 Å². The average molecular weight is 298 g/mol. The summed E-state index contributed by atoms with van der Waals surface area (Å²) in [5.74, 6) is 0.735. The minimum Gasteiger partial charge on any atom is -0.497 e. The molecule has 0 saturated carbocycles. The molecule has 1 amide bonds. The molecule has 2 aromatic rings. The molecule has 0 spiro atoms. The van der Waals surface area contributed by atoms with Gasteiger partial charge in [-0.15, -0.1) is 0 Å². The Morgan fingerprint density at radius 3 is 2.45 bits per heavy atom. The van der Waals surface area contributed by atoms with Crippen molar-refractivity contribution >= 4 is 5.91 Å². The van der Waals surface area contributed by atoms with Gasteiger partial charge in [-0.2, -0.15) is 0 Å². The summed E-state index contributed by atoms with van der Waals surface area (Å²) in [6.45, 7) is 4.80. The lowest BCUT2D eigenvalue weighted by Gasteiger charge is -2.18. The van der Waals surface area contributed by atoms with Crippen molar-refractivity contribution in [2.75, 3.05) is 13.7 Å². The molecule has 2 rings (SSSR count). The molecule has 1 aromatic heterocycles. The van der Waals surface area contributed by atoms with E-state index in [0.29, 0.717) is 12.5 Å². The summed E-state index contributed by atoms with van der Waals surface area (Å²) in [6.07, 6.45) is 1.71. The summed E-state index contributed by atoms with van der Waals surface area (Å²) in [5, 5.41) is 3.00. The van der Waals surface area contributed by atoms with Crippen LogP contribution in [0.5, 0.6) is 5.75 Å². The third-order valence-corrected chi connectivity index (χ3v) is 3.38. The number of hydrogen-bond acceptors (Lipinski definition) is 3. The molecule has 0 aliphatic heterocycles. The number of amides is 1. The second-order valence-corrected chi connectivity index (χ2v) is 5.60. The summed E-state index contributed by atoms with van der Waals surface area (Å²) in [7, 11) is 1.63. The van der Waals surface area contributed by atoms with Crippen molar-refractivity contribution in [1.82, 2.24) is 10.3 Å². The second-order valence-electron chi connectivity index (χ2n) is 5.60. The van der Waals surface area contributed by atoms with Crippen LogP contribution in [-0.4, -0.2) is 24.5 Å². The van der Waals surface area contributed by atoms with E-state index in [0.717, 1.165) is 17.0 Å². The first-order valence-corrected chi connectivity index (χ1v) is 7.44. The monoisotopic (exact) mass is 298 g/mol. The minimum atomic E-state index is -0.411. The first-order chi connectivity index (χ1) is 10.6. The van der Waals surface area contributed by atoms with Gasteiger partial charge in [0, 0.05) is 12.7 Å². The normalized spacial score (nSPS) is 12.0. The molecule has 0 fully saturated rings. The summed E-state index contributed by atoms with van der Waals surface area (Å²) in [5.41, 5.74) is 1.65. The van der Waals surface area contributed by atoms with Gasteiger partial charge in [-0.3, -0.25) is 9.78 Å². The molecule has 1 aromatic carbocycles. The number of methoxy groups -OCH3 is 1. The van der Waals surface area contributed by atoms with Crippen LogP contribution in [0.1, 0.15) is 31.0 Å². The molecule has 116 valence electrons. The van der Waals surface area contributed by atoms with Gasteiger partial charge in [0.05, 0.1) is 12.8 Å². The van der Waals surface area contributed by atoms with Gasteiger partial charge in [0.15, 0.2) is 0 Å². The standard InChI is InChI=1S/C18H22N2O2/c1-13(2)12-20-18(21)17(16-6-4-5-11-19-16)14-7-9-15(22-3)10-8-14/h4-11,13,17H,12H2,1-3H3,(H,20,21). The first kappa shape index (κ1) is 16.0. The van der Waals surface area contributed by atoms with Crippen LogP contribution in [0.2, 0.25) is 0 Å². The molecule has 4 heteroatoms. The molecule has 1 N–H and O–H groups in total. The lowest BCUT2D eigenvalue weighted by atomic mass is 9.94. The van der Waals surface area contributed by atoms with Crippen LogP contribution in [-0.2, 0) is 4.79 Å². The van der Waals surface area contributed by atoms with Gasteiger partial charge in [-0.05, 0) is 35.7 Å². The maximum absolute atomic E-state index is 12.6. The largest absolute Gasteiger partial charge is 0.497 e. The Bertz CT molecular complexity index is 594. The van der Waals surface area contributed by atoms with Crippen LogP contribution in [0.4, 0.5) is 0 Å². The van der Waals surface area contributed by atoms with E-state index in [-0.39, 0.29) is 5.91 Å². The molecule has 0 aliphatic carbocycles. The maximum atomic E-state index is 12.6. The highest BCUT2D eigenvalue weighted by Gasteiger charge is 2.23. The second kappa shape index (κ2) is 7.59. The Kier molecular flexibility index (Phi) is 5.53. The van der Waals surface area contributed by atoms with Crippen molar-refractivity contribution in [2.24, 2.45) is 5.92 Å². The molecular weight excluding hydrogens is 276 g/mol. The molecule has 1 heterocycles. The fourth-order valence-electron chi connectivity index (χ4n) is 2.21. The Morgan fingerprint density at radius 1 is 1.18 bits per heavy atom. The van der Waals surface area contributed by atoms with E-state index in [1.54, 1.807) is 13.3 Å². The van der Waals surface area contributed by atoms with Gasteiger partial charge >= 0.3 is 0 Å². The summed E-state index contributed by atoms with van der Waals surface area (Å²) in [6, 6.07) is 13.2. The quantitative estimate of drug-likeness (QED) is 0.892. The zero-order valence-corrected chi connectivity index (χ0v) is 13.2. The van der Waals surface area contributed by atoms with E-state index in [2.05, 4.69) is 24.1 Å². The number of carbonyl (C=O) groups is 1. The van der Waals surface area contributed by atoms with E-state index in [4.69, 9.17) is 4.74 Å². The lowest BCUT2D eigenvalue weighted by Crippen LogP contribution is -2.33. The molecule has 1 unspecified atom stereocenters. The van der Waals surface area contributed by atoms with Crippen molar-refractivity contribution in [1.29, 1.82) is 0 Å². The highest BCUT2D eigenvalue weighted by Crippen LogP contribution is 2.25. The first-order valence-electron chi connectivity index (χ1n) is 7.44. The predicted molar refractivity (Wildman–Crippen MR) is 86.9 cm³/mol. The Labute approximate surface area is 131 Å². The van der Waals surface area contributed by atoms with Crippen molar-refractivity contribution in [3.63, 3.8) is 0 Å². The number of ether oxygens (including phenoxy) is 1. The lowest BCUT2D eigenvalue weighted by molar-refractivity contribution is -0.121. The van der Waals surface area contributed by atoms with Crippen LogP contribution in [0.25, 0.3) is 0 Å². The Hall–Kier alpha value is -2.36. The van der Waals surface area contributed by atoms with Gasteiger partial charge in [0.1, 0.15) is 11.7 Å². The van der Waals surface area contributed by atoms with Crippen LogP contribution in [0, 0.1) is 5.92 Å². The molecule has 0 saturated heterocycles. The van der Waals surface area contributed by atoms with Crippen molar-refractivity contribution in [3.8, 4) is 5.75 Å². The number of benzene rings is 1. The summed E-state index contributed by atoms with van der Waals surface area (Å²) in [4.78, 5) is 17.0. The van der Waals surface area contributed by atoms with Crippen LogP contribution in [0.3, 0.4) is 0 Å². The number of hydrogen-bond donors (Lipinski definition) is 1. The minimum absolute atomic E-state index is 0.0300. The van der Waals surface area contributed by atoms with Gasteiger partial charge in [-0.25, -0.2) is 0 Å². The topological polar surface area (TPSA) is 51.2 Å². The number of nitrogens with zero attached hydrogens (tertiary/aromatic N) is 1. The Balaban J connectivity index is 2.30. The van der Waals surface area contributed by atoms with E-state index in [9.17, 15) is 4.79 Å². The van der Waals surface area contributed by atoms with Crippen molar-refractivity contribution in [2.45, 2.75) is 19.8 Å². The van der Waals surface area contributed by atoms with Crippen molar-refractivity contribution < 1.29 is 9.53 Å². The highest BCUT2D eigenvalue weighted by atomic mass is 16.5. The van der Waals surface area contributed by atoms with E-state index in [1.807, 2.05) is 42.5 Å². The number of rotatable bonds is 6. The molecule has 0 bridgehead atoms. The molecule has 0 radical (unpaired) electrons. The van der Waals surface area contributed by atoms with Gasteiger partial charge in [0.2, 0.25) is 5.91 Å². The molecule has 22 heavy (non-hydrogen) atoms. The van der Waals surface area contributed by atoms with E-state index in [1.165, 1.54) is 0 Å². The summed E-state index contributed by atoms with van der Waals surface area (Å²) >= 11 is 0. The third kappa shape index (κ3) is 4.07. The highest BCUT2D eigenvalue weighted by molar-refractivity contribution is 5.86. The van der Waals surface area contributed by atoms with Crippen LogP contribution < -0.4 is 10.1 Å². The zero-order chi connectivity index (χ0) is 15.9. The van der Waals surface area contributed by atoms with E-state index < -0.39 is 5.92 Å². The fraction of sp³-hybridized carbons (Fsp3) is 0.333. The number of aromatic nitrogens is 1. The zero-order valence-electron chi connectivity index (χ0n) is 13.2. The average Bonchev–Trinajstić information content (AvgIpc) is 2.55. The van der Waals surface area contributed by atoms with Gasteiger partial charge in [-0.1, -0.05) is 32.0 Å². The smallest absolute Gasteiger partial charge is 0.233 e. The summed E-state index contributed by atoms with van der Waals surface area (Å²) < 4.78 is 5.18. The SMILES string of the molecule is COc1ccc(C(C(=O)NCC(C)C)c2ccccn2)cc1. The Morgan fingerprint density at radius 2 is 1.91 bits per heavy atom. The number of carbonyl (C=O) groups excluding carboxylic acids is 1. The molecule has 0 aliphatic rings. The predicted octanol–water partition coefficient (Wildman–Crippen LogP) is 2.99. The van der Waals surface area contributed by atoms with Crippen LogP contribution in [0.15, 0.2) is 48.7 Å².